The van der Waals surface area contributed by atoms with Crippen LogP contribution in [0, 0.1) is 0 Å². The first kappa shape index (κ1) is 21.3. The minimum atomic E-state index is -3.13. The van der Waals surface area contributed by atoms with Gasteiger partial charge in [-0.25, -0.2) is 8.42 Å². The minimum Gasteiger partial charge on any atom is -0.496 e. The zero-order valence-corrected chi connectivity index (χ0v) is 17.6. The van der Waals surface area contributed by atoms with Gasteiger partial charge < -0.3 is 10.1 Å². The molecule has 156 valence electrons. The Labute approximate surface area is 172 Å². The summed E-state index contributed by atoms with van der Waals surface area (Å²) in [6.07, 6.45) is 1.25. The lowest BCUT2D eigenvalue weighted by Crippen LogP contribution is -2.47. The summed E-state index contributed by atoms with van der Waals surface area (Å²) in [5, 5.41) is 2.94. The highest BCUT2D eigenvalue weighted by atomic mass is 32.2. The molecule has 8 heteroatoms. The van der Waals surface area contributed by atoms with Crippen LogP contribution in [0.15, 0.2) is 48.5 Å². The van der Waals surface area contributed by atoms with Crippen molar-refractivity contribution in [2.24, 2.45) is 0 Å². The fourth-order valence-corrected chi connectivity index (χ4v) is 4.24. The predicted molar refractivity (Wildman–Crippen MR) is 112 cm³/mol. The number of amides is 1. The number of methoxy groups -OCH3 is 1. The van der Waals surface area contributed by atoms with Gasteiger partial charge in [0.15, 0.2) is 0 Å². The SMILES string of the molecule is COc1ccccc1CNC(=O)c1cccc(CN2CCN(S(C)(=O)=O)CC2)c1. The molecule has 0 aromatic heterocycles. The van der Waals surface area contributed by atoms with E-state index in [-0.39, 0.29) is 5.91 Å². The zero-order valence-electron chi connectivity index (χ0n) is 16.8. The number of hydrogen-bond acceptors (Lipinski definition) is 5. The fraction of sp³-hybridized carbons (Fsp3) is 0.381. The number of piperazine rings is 1. The molecule has 1 amide bonds. The standard InChI is InChI=1S/C21H27N3O4S/c1-28-20-9-4-3-7-19(20)15-22-21(25)18-8-5-6-17(14-18)16-23-10-12-24(13-11-23)29(2,26)27/h3-9,14H,10-13,15-16H2,1-2H3,(H,22,25). The number of ether oxygens (including phenoxy) is 1. The molecular weight excluding hydrogens is 390 g/mol. The number of carbonyl (C=O) groups excluding carboxylic acids is 1. The van der Waals surface area contributed by atoms with Gasteiger partial charge in [0, 0.05) is 50.4 Å². The van der Waals surface area contributed by atoms with Gasteiger partial charge in [-0.2, -0.15) is 4.31 Å². The molecule has 2 aromatic carbocycles. The Kier molecular flexibility index (Phi) is 6.89. The average Bonchev–Trinajstić information content (AvgIpc) is 2.72. The number of nitrogens with zero attached hydrogens (tertiary/aromatic N) is 2. The smallest absolute Gasteiger partial charge is 0.251 e. The van der Waals surface area contributed by atoms with Crippen molar-refractivity contribution in [3.05, 3.63) is 65.2 Å². The fourth-order valence-electron chi connectivity index (χ4n) is 3.41. The van der Waals surface area contributed by atoms with Crippen LogP contribution in [0.25, 0.3) is 0 Å². The number of para-hydroxylation sites is 1. The van der Waals surface area contributed by atoms with Crippen molar-refractivity contribution in [3.8, 4) is 5.75 Å². The molecule has 7 nitrogen and oxygen atoms in total. The molecule has 0 saturated carbocycles. The molecule has 3 rings (SSSR count). The van der Waals surface area contributed by atoms with Crippen molar-refractivity contribution in [1.82, 2.24) is 14.5 Å². The normalized spacial score (nSPS) is 15.8. The molecule has 0 bridgehead atoms. The van der Waals surface area contributed by atoms with Crippen LogP contribution in [0.1, 0.15) is 21.5 Å². The summed E-state index contributed by atoms with van der Waals surface area (Å²) >= 11 is 0. The van der Waals surface area contributed by atoms with Crippen LogP contribution in [-0.2, 0) is 23.1 Å². The second-order valence-electron chi connectivity index (χ2n) is 7.13. The molecule has 0 spiro atoms. The molecule has 0 atom stereocenters. The van der Waals surface area contributed by atoms with Crippen molar-refractivity contribution in [3.63, 3.8) is 0 Å². The molecule has 1 aliphatic rings. The minimum absolute atomic E-state index is 0.139. The van der Waals surface area contributed by atoms with E-state index in [4.69, 9.17) is 4.74 Å². The molecule has 1 heterocycles. The molecule has 1 fully saturated rings. The number of sulfonamides is 1. The maximum Gasteiger partial charge on any atom is 0.251 e. The number of carbonyl (C=O) groups is 1. The first-order valence-electron chi connectivity index (χ1n) is 9.53. The third-order valence-corrected chi connectivity index (χ3v) is 6.33. The number of hydrogen-bond donors (Lipinski definition) is 1. The highest BCUT2D eigenvalue weighted by molar-refractivity contribution is 7.88. The van der Waals surface area contributed by atoms with E-state index in [9.17, 15) is 13.2 Å². The monoisotopic (exact) mass is 417 g/mol. The maximum absolute atomic E-state index is 12.6. The summed E-state index contributed by atoms with van der Waals surface area (Å²) < 4.78 is 30.1. The summed E-state index contributed by atoms with van der Waals surface area (Å²) in [6.45, 7) is 3.43. The molecule has 1 aliphatic heterocycles. The Bertz CT molecular complexity index is 954. The van der Waals surface area contributed by atoms with Crippen molar-refractivity contribution in [2.75, 3.05) is 39.5 Å². The Morgan fingerprint density at radius 3 is 2.48 bits per heavy atom. The number of rotatable bonds is 7. The Balaban J connectivity index is 1.57. The van der Waals surface area contributed by atoms with Gasteiger partial charge in [-0.3, -0.25) is 9.69 Å². The van der Waals surface area contributed by atoms with Crippen LogP contribution in [0.3, 0.4) is 0 Å². The molecule has 1 saturated heterocycles. The van der Waals surface area contributed by atoms with Crippen molar-refractivity contribution in [2.45, 2.75) is 13.1 Å². The van der Waals surface area contributed by atoms with E-state index in [0.29, 0.717) is 44.8 Å². The summed E-state index contributed by atoms with van der Waals surface area (Å²) in [4.78, 5) is 14.8. The van der Waals surface area contributed by atoms with Crippen LogP contribution in [0.5, 0.6) is 5.75 Å². The summed E-state index contributed by atoms with van der Waals surface area (Å²) in [5.41, 5.74) is 2.55. The van der Waals surface area contributed by atoms with E-state index in [1.807, 2.05) is 42.5 Å². The van der Waals surface area contributed by atoms with Crippen LogP contribution >= 0.6 is 0 Å². The van der Waals surface area contributed by atoms with Gasteiger partial charge in [0.1, 0.15) is 5.75 Å². The first-order valence-corrected chi connectivity index (χ1v) is 11.4. The zero-order chi connectivity index (χ0) is 20.9. The summed E-state index contributed by atoms with van der Waals surface area (Å²) in [6, 6.07) is 15.1. The van der Waals surface area contributed by atoms with Crippen LogP contribution < -0.4 is 10.1 Å². The van der Waals surface area contributed by atoms with Gasteiger partial charge >= 0.3 is 0 Å². The van der Waals surface area contributed by atoms with Gasteiger partial charge in [-0.05, 0) is 23.8 Å². The molecule has 2 aromatic rings. The molecule has 1 N–H and O–H groups in total. The van der Waals surface area contributed by atoms with Gasteiger partial charge in [-0.15, -0.1) is 0 Å². The average molecular weight is 418 g/mol. The molecular formula is C21H27N3O4S. The van der Waals surface area contributed by atoms with Crippen LogP contribution in [-0.4, -0.2) is 63.1 Å². The van der Waals surface area contributed by atoms with E-state index in [1.54, 1.807) is 13.2 Å². The lowest BCUT2D eigenvalue weighted by atomic mass is 10.1. The lowest BCUT2D eigenvalue weighted by Gasteiger charge is -2.33. The van der Waals surface area contributed by atoms with E-state index in [0.717, 1.165) is 16.9 Å². The molecule has 0 unspecified atom stereocenters. The van der Waals surface area contributed by atoms with Gasteiger partial charge in [-0.1, -0.05) is 30.3 Å². The van der Waals surface area contributed by atoms with Crippen molar-refractivity contribution >= 4 is 15.9 Å². The quantitative estimate of drug-likeness (QED) is 0.742. The van der Waals surface area contributed by atoms with Crippen molar-refractivity contribution < 1.29 is 17.9 Å². The van der Waals surface area contributed by atoms with E-state index in [1.165, 1.54) is 10.6 Å². The maximum atomic E-state index is 12.6. The van der Waals surface area contributed by atoms with Crippen LogP contribution in [0.2, 0.25) is 0 Å². The Morgan fingerprint density at radius 2 is 1.79 bits per heavy atom. The molecule has 0 aliphatic carbocycles. The molecule has 0 radical (unpaired) electrons. The lowest BCUT2D eigenvalue weighted by molar-refractivity contribution is 0.0950. The van der Waals surface area contributed by atoms with E-state index in [2.05, 4.69) is 10.2 Å². The predicted octanol–water partition coefficient (Wildman–Crippen LogP) is 1.70. The third-order valence-electron chi connectivity index (χ3n) is 5.03. The number of nitrogens with one attached hydrogen (secondary N) is 1. The van der Waals surface area contributed by atoms with Gasteiger partial charge in [0.25, 0.3) is 5.91 Å². The Hall–Kier alpha value is -2.42. The Morgan fingerprint density at radius 1 is 1.07 bits per heavy atom. The third kappa shape index (κ3) is 5.79. The van der Waals surface area contributed by atoms with Crippen LogP contribution in [0.4, 0.5) is 0 Å². The highest BCUT2D eigenvalue weighted by Gasteiger charge is 2.23. The second-order valence-corrected chi connectivity index (χ2v) is 9.12. The highest BCUT2D eigenvalue weighted by Crippen LogP contribution is 2.17. The number of benzene rings is 2. The first-order chi connectivity index (χ1) is 13.9. The largest absolute Gasteiger partial charge is 0.496 e. The van der Waals surface area contributed by atoms with E-state index >= 15 is 0 Å². The van der Waals surface area contributed by atoms with E-state index < -0.39 is 10.0 Å². The van der Waals surface area contributed by atoms with Gasteiger partial charge in [0.05, 0.1) is 13.4 Å². The summed E-state index contributed by atoms with van der Waals surface area (Å²) in [5.74, 6) is 0.606. The van der Waals surface area contributed by atoms with Crippen molar-refractivity contribution in [1.29, 1.82) is 0 Å². The molecule has 29 heavy (non-hydrogen) atoms. The topological polar surface area (TPSA) is 79.0 Å². The summed E-state index contributed by atoms with van der Waals surface area (Å²) in [7, 11) is -1.52. The van der Waals surface area contributed by atoms with Gasteiger partial charge in [0.2, 0.25) is 10.0 Å². The second kappa shape index (κ2) is 9.39.